The van der Waals surface area contributed by atoms with Crippen molar-refractivity contribution in [3.8, 4) is 11.5 Å². The lowest BCUT2D eigenvalue weighted by atomic mass is 10.1. The fraction of sp³-hybridized carbons (Fsp3) is 0.304. The molecular formula is C23H26N4O4. The molecule has 0 fully saturated rings. The van der Waals surface area contributed by atoms with E-state index in [2.05, 4.69) is 15.6 Å². The van der Waals surface area contributed by atoms with Gasteiger partial charge in [-0.1, -0.05) is 32.0 Å². The van der Waals surface area contributed by atoms with Crippen LogP contribution in [-0.4, -0.2) is 35.6 Å². The first-order chi connectivity index (χ1) is 15.1. The fourth-order valence-corrected chi connectivity index (χ4v) is 3.08. The summed E-state index contributed by atoms with van der Waals surface area (Å²) in [5.74, 6) is 0.746. The number of ether oxygens (including phenoxy) is 2. The molecule has 0 aliphatic carbocycles. The van der Waals surface area contributed by atoms with Crippen molar-refractivity contribution in [1.82, 2.24) is 15.2 Å². The molecule has 0 radical (unpaired) electrons. The molecule has 0 aliphatic rings. The molecule has 2 aromatic carbocycles. The number of rotatable bonds is 9. The number of benzene rings is 2. The molecule has 162 valence electrons. The number of hydrogen-bond acceptors (Lipinski definition) is 6. The second-order valence-electron chi connectivity index (χ2n) is 6.88. The highest BCUT2D eigenvalue weighted by Crippen LogP contribution is 2.27. The van der Waals surface area contributed by atoms with Crippen LogP contribution in [0, 0.1) is 0 Å². The Morgan fingerprint density at radius 3 is 2.61 bits per heavy atom. The molecular weight excluding hydrogens is 396 g/mol. The Morgan fingerprint density at radius 1 is 1.13 bits per heavy atom. The molecule has 8 heteroatoms. The molecule has 1 N–H and O–H groups in total. The zero-order valence-electron chi connectivity index (χ0n) is 17.9. The first kappa shape index (κ1) is 22.0. The molecule has 1 aromatic heterocycles. The number of amides is 1. The molecule has 0 spiro atoms. The molecule has 0 saturated heterocycles. The number of nitrogens with one attached hydrogen (secondary N) is 1. The van der Waals surface area contributed by atoms with E-state index in [9.17, 15) is 9.59 Å². The molecule has 1 heterocycles. The highest BCUT2D eigenvalue weighted by Gasteiger charge is 2.16. The van der Waals surface area contributed by atoms with Crippen molar-refractivity contribution < 1.29 is 14.3 Å². The number of carbonyl (C=O) groups is 1. The Labute approximate surface area is 180 Å². The topological polar surface area (TPSA) is 94.8 Å². The van der Waals surface area contributed by atoms with Crippen LogP contribution in [0.3, 0.4) is 0 Å². The lowest BCUT2D eigenvalue weighted by Gasteiger charge is -2.10. The van der Waals surface area contributed by atoms with Crippen LogP contribution < -0.4 is 20.5 Å². The van der Waals surface area contributed by atoms with Crippen molar-refractivity contribution in [2.75, 3.05) is 13.7 Å². The van der Waals surface area contributed by atoms with E-state index in [0.717, 1.165) is 18.4 Å². The Morgan fingerprint density at radius 2 is 1.90 bits per heavy atom. The van der Waals surface area contributed by atoms with Gasteiger partial charge in [0.05, 0.1) is 25.3 Å². The van der Waals surface area contributed by atoms with Gasteiger partial charge in [-0.25, -0.2) is 10.1 Å². The summed E-state index contributed by atoms with van der Waals surface area (Å²) in [5.41, 5.74) is 3.18. The number of methoxy groups -OCH3 is 1. The largest absolute Gasteiger partial charge is 0.493 e. The van der Waals surface area contributed by atoms with Crippen LogP contribution in [-0.2, 0) is 6.54 Å². The average Bonchev–Trinajstić information content (AvgIpc) is 2.79. The second-order valence-corrected chi connectivity index (χ2v) is 6.88. The van der Waals surface area contributed by atoms with Crippen LogP contribution in [0.1, 0.15) is 42.7 Å². The third kappa shape index (κ3) is 5.09. The van der Waals surface area contributed by atoms with Gasteiger partial charge in [-0.15, -0.1) is 0 Å². The maximum absolute atomic E-state index is 12.8. The van der Waals surface area contributed by atoms with Crippen molar-refractivity contribution in [1.29, 1.82) is 0 Å². The predicted molar refractivity (Wildman–Crippen MR) is 120 cm³/mol. The maximum Gasteiger partial charge on any atom is 0.292 e. The number of aromatic nitrogens is 2. The Bertz CT molecular complexity index is 1150. The van der Waals surface area contributed by atoms with Gasteiger partial charge in [0, 0.05) is 11.9 Å². The normalized spacial score (nSPS) is 11.1. The highest BCUT2D eigenvalue weighted by atomic mass is 16.5. The van der Waals surface area contributed by atoms with Crippen LogP contribution in [0.5, 0.6) is 11.5 Å². The molecule has 0 aliphatic heterocycles. The number of hydrogen-bond donors (Lipinski definition) is 1. The molecule has 0 atom stereocenters. The fourth-order valence-electron chi connectivity index (χ4n) is 3.08. The third-order valence-corrected chi connectivity index (χ3v) is 4.55. The number of hydrazone groups is 1. The SMILES string of the molecule is CCCOc1cc(/C=N\NC(=O)c2nn(CCC)c(=O)c3ccccc23)ccc1OC. The van der Waals surface area contributed by atoms with Crippen molar-refractivity contribution in [3.05, 3.63) is 64.1 Å². The van der Waals surface area contributed by atoms with Gasteiger partial charge in [0.25, 0.3) is 11.5 Å². The van der Waals surface area contributed by atoms with Gasteiger partial charge in [0.1, 0.15) is 0 Å². The third-order valence-electron chi connectivity index (χ3n) is 4.55. The van der Waals surface area contributed by atoms with Gasteiger partial charge in [-0.05, 0) is 42.7 Å². The van der Waals surface area contributed by atoms with Gasteiger partial charge in [-0.2, -0.15) is 10.2 Å². The van der Waals surface area contributed by atoms with Crippen molar-refractivity contribution in [3.63, 3.8) is 0 Å². The molecule has 31 heavy (non-hydrogen) atoms. The van der Waals surface area contributed by atoms with Gasteiger partial charge in [0.15, 0.2) is 17.2 Å². The Kier molecular flexibility index (Phi) is 7.37. The zero-order valence-corrected chi connectivity index (χ0v) is 17.9. The van der Waals surface area contributed by atoms with Crippen LogP contribution in [0.15, 0.2) is 52.4 Å². The second kappa shape index (κ2) is 10.4. The van der Waals surface area contributed by atoms with E-state index in [-0.39, 0.29) is 11.3 Å². The average molecular weight is 422 g/mol. The van der Waals surface area contributed by atoms with Gasteiger partial charge < -0.3 is 9.47 Å². The smallest absolute Gasteiger partial charge is 0.292 e. The summed E-state index contributed by atoms with van der Waals surface area (Å²) in [7, 11) is 1.58. The molecule has 0 saturated carbocycles. The van der Waals surface area contributed by atoms with E-state index >= 15 is 0 Å². The molecule has 3 aromatic rings. The maximum atomic E-state index is 12.8. The number of carbonyl (C=O) groups excluding carboxylic acids is 1. The van der Waals surface area contributed by atoms with Crippen LogP contribution in [0.25, 0.3) is 10.8 Å². The predicted octanol–water partition coefficient (Wildman–Crippen LogP) is 3.37. The monoisotopic (exact) mass is 422 g/mol. The standard InChI is InChI=1S/C23H26N4O4/c1-4-12-27-23(29)18-9-7-6-8-17(18)21(26-27)22(28)25-24-15-16-10-11-19(30-3)20(14-16)31-13-5-2/h6-11,14-15H,4-5,12-13H2,1-3H3,(H,25,28)/b24-15-. The van der Waals surface area contributed by atoms with Crippen molar-refractivity contribution >= 4 is 22.9 Å². The molecule has 3 rings (SSSR count). The van der Waals surface area contributed by atoms with Gasteiger partial charge in [-0.3, -0.25) is 9.59 Å². The van der Waals surface area contributed by atoms with E-state index < -0.39 is 5.91 Å². The minimum atomic E-state index is -0.492. The summed E-state index contributed by atoms with van der Waals surface area (Å²) in [5, 5.41) is 9.26. The Balaban J connectivity index is 1.84. The summed E-state index contributed by atoms with van der Waals surface area (Å²) in [6.07, 6.45) is 3.11. The lowest BCUT2D eigenvalue weighted by Crippen LogP contribution is -2.29. The van der Waals surface area contributed by atoms with E-state index in [1.807, 2.05) is 19.9 Å². The van der Waals surface area contributed by atoms with Crippen LogP contribution in [0.2, 0.25) is 0 Å². The zero-order chi connectivity index (χ0) is 22.2. The van der Waals surface area contributed by atoms with E-state index in [4.69, 9.17) is 9.47 Å². The van der Waals surface area contributed by atoms with Crippen LogP contribution >= 0.6 is 0 Å². The first-order valence-corrected chi connectivity index (χ1v) is 10.2. The quantitative estimate of drug-likeness (QED) is 0.421. The van der Waals surface area contributed by atoms with Crippen LogP contribution in [0.4, 0.5) is 0 Å². The van der Waals surface area contributed by atoms with E-state index in [1.165, 1.54) is 10.9 Å². The summed E-state index contributed by atoms with van der Waals surface area (Å²) < 4.78 is 12.3. The minimum absolute atomic E-state index is 0.155. The molecule has 0 unspecified atom stereocenters. The van der Waals surface area contributed by atoms with Crippen molar-refractivity contribution in [2.24, 2.45) is 5.10 Å². The Hall–Kier alpha value is -3.68. The molecule has 8 nitrogen and oxygen atoms in total. The number of fused-ring (bicyclic) bond motifs is 1. The van der Waals surface area contributed by atoms with Crippen molar-refractivity contribution in [2.45, 2.75) is 33.2 Å². The number of aryl methyl sites for hydroxylation is 1. The van der Waals surface area contributed by atoms with E-state index in [1.54, 1.807) is 43.5 Å². The molecule has 1 amide bonds. The van der Waals surface area contributed by atoms with E-state index in [0.29, 0.717) is 35.4 Å². The molecule has 0 bridgehead atoms. The minimum Gasteiger partial charge on any atom is -0.493 e. The summed E-state index contributed by atoms with van der Waals surface area (Å²) in [6.45, 7) is 4.97. The summed E-state index contributed by atoms with van der Waals surface area (Å²) in [6, 6.07) is 12.3. The van der Waals surface area contributed by atoms with Gasteiger partial charge in [0.2, 0.25) is 0 Å². The summed E-state index contributed by atoms with van der Waals surface area (Å²) >= 11 is 0. The highest BCUT2D eigenvalue weighted by molar-refractivity contribution is 6.05. The lowest BCUT2D eigenvalue weighted by molar-refractivity contribution is 0.0949. The van der Waals surface area contributed by atoms with Gasteiger partial charge >= 0.3 is 0 Å². The number of nitrogens with zero attached hydrogens (tertiary/aromatic N) is 3. The summed E-state index contributed by atoms with van der Waals surface area (Å²) in [4.78, 5) is 25.3. The first-order valence-electron chi connectivity index (χ1n) is 10.2.